The van der Waals surface area contributed by atoms with E-state index in [9.17, 15) is 26.3 Å². The van der Waals surface area contributed by atoms with Gasteiger partial charge in [-0.2, -0.15) is 31.6 Å². The largest absolute Gasteiger partial charge is 0.416 e. The van der Waals surface area contributed by atoms with E-state index < -0.39 is 23.5 Å². The lowest BCUT2D eigenvalue weighted by atomic mass is 9.99. The van der Waals surface area contributed by atoms with Crippen LogP contribution in [-0.4, -0.2) is 4.98 Å². The van der Waals surface area contributed by atoms with E-state index in [0.717, 1.165) is 24.3 Å². The Morgan fingerprint density at radius 1 is 0.690 bits per heavy atom. The van der Waals surface area contributed by atoms with Crippen LogP contribution in [0.4, 0.5) is 26.3 Å². The monoisotopic (exact) mass is 406 g/mol. The summed E-state index contributed by atoms with van der Waals surface area (Å²) in [4.78, 5) is 4.35. The van der Waals surface area contributed by atoms with Gasteiger partial charge >= 0.3 is 12.4 Å². The fraction of sp³-hybridized carbons (Fsp3) is 0.143. The number of halogens is 6. The van der Waals surface area contributed by atoms with Crippen LogP contribution in [0.3, 0.4) is 0 Å². The molecule has 0 atom stereocenters. The van der Waals surface area contributed by atoms with Crippen molar-refractivity contribution in [1.29, 1.82) is 5.26 Å². The van der Waals surface area contributed by atoms with Gasteiger partial charge in [0.25, 0.3) is 0 Å². The van der Waals surface area contributed by atoms with Crippen LogP contribution in [0.25, 0.3) is 22.4 Å². The standard InChI is InChI=1S/C21H12F6N2/c22-20(23,24)15-5-1-13(2-6-15)17-9-10-18(29-19(17)11-12-28)14-3-7-16(8-4-14)21(25,26)27/h1-10H,11H2. The fourth-order valence-electron chi connectivity index (χ4n) is 2.80. The van der Waals surface area contributed by atoms with Gasteiger partial charge in [0.15, 0.2) is 0 Å². The molecule has 0 spiro atoms. The summed E-state index contributed by atoms with van der Waals surface area (Å²) in [5.41, 5.74) is 0.461. The molecule has 0 aliphatic rings. The summed E-state index contributed by atoms with van der Waals surface area (Å²) >= 11 is 0. The van der Waals surface area contributed by atoms with Gasteiger partial charge in [0, 0.05) is 11.1 Å². The van der Waals surface area contributed by atoms with E-state index in [1.807, 2.05) is 6.07 Å². The van der Waals surface area contributed by atoms with Crippen molar-refractivity contribution in [3.8, 4) is 28.5 Å². The molecule has 1 heterocycles. The topological polar surface area (TPSA) is 36.7 Å². The minimum atomic E-state index is -4.46. The van der Waals surface area contributed by atoms with Gasteiger partial charge in [-0.25, -0.2) is 0 Å². The number of nitrogens with zero attached hydrogens (tertiary/aromatic N) is 2. The average Bonchev–Trinajstić information content (AvgIpc) is 2.67. The lowest BCUT2D eigenvalue weighted by Crippen LogP contribution is -2.04. The van der Waals surface area contributed by atoms with Crippen LogP contribution in [-0.2, 0) is 18.8 Å². The van der Waals surface area contributed by atoms with E-state index in [4.69, 9.17) is 5.26 Å². The zero-order chi connectivity index (χ0) is 21.2. The molecule has 148 valence electrons. The van der Waals surface area contributed by atoms with Crippen LogP contribution >= 0.6 is 0 Å². The summed E-state index contributed by atoms with van der Waals surface area (Å²) in [5.74, 6) is 0. The number of hydrogen-bond acceptors (Lipinski definition) is 2. The zero-order valence-corrected chi connectivity index (χ0v) is 14.6. The molecular weight excluding hydrogens is 394 g/mol. The number of aromatic nitrogens is 1. The van der Waals surface area contributed by atoms with Crippen molar-refractivity contribution in [2.45, 2.75) is 18.8 Å². The number of benzene rings is 2. The highest BCUT2D eigenvalue weighted by Gasteiger charge is 2.31. The number of nitriles is 1. The van der Waals surface area contributed by atoms with Crippen LogP contribution in [0.5, 0.6) is 0 Å². The minimum absolute atomic E-state index is 0.106. The van der Waals surface area contributed by atoms with Gasteiger partial charge in [-0.15, -0.1) is 0 Å². The predicted octanol–water partition coefficient (Wildman–Crippen LogP) is 6.52. The molecule has 0 bridgehead atoms. The van der Waals surface area contributed by atoms with E-state index >= 15 is 0 Å². The molecule has 0 fully saturated rings. The van der Waals surface area contributed by atoms with Crippen molar-refractivity contribution in [2.75, 3.05) is 0 Å². The maximum Gasteiger partial charge on any atom is 0.416 e. The van der Waals surface area contributed by atoms with Crippen LogP contribution in [0, 0.1) is 11.3 Å². The van der Waals surface area contributed by atoms with Gasteiger partial charge in [0.2, 0.25) is 0 Å². The van der Waals surface area contributed by atoms with Crippen LogP contribution in [0.2, 0.25) is 0 Å². The third kappa shape index (κ3) is 4.57. The molecule has 0 unspecified atom stereocenters. The van der Waals surface area contributed by atoms with Crippen molar-refractivity contribution in [3.63, 3.8) is 0 Å². The molecule has 29 heavy (non-hydrogen) atoms. The Morgan fingerprint density at radius 2 is 1.17 bits per heavy atom. The first-order valence-electron chi connectivity index (χ1n) is 8.32. The van der Waals surface area contributed by atoms with Gasteiger partial charge in [-0.1, -0.05) is 30.3 Å². The average molecular weight is 406 g/mol. The maximum atomic E-state index is 12.7. The van der Waals surface area contributed by atoms with Gasteiger partial charge < -0.3 is 0 Å². The molecule has 0 amide bonds. The summed E-state index contributed by atoms with van der Waals surface area (Å²) in [6.07, 6.45) is -9.02. The number of alkyl halides is 6. The highest BCUT2D eigenvalue weighted by atomic mass is 19.4. The Bertz CT molecular complexity index is 1040. The molecule has 2 nitrogen and oxygen atoms in total. The predicted molar refractivity (Wildman–Crippen MR) is 94.4 cm³/mol. The summed E-state index contributed by atoms with van der Waals surface area (Å²) in [6.45, 7) is 0. The smallest absolute Gasteiger partial charge is 0.251 e. The lowest BCUT2D eigenvalue weighted by molar-refractivity contribution is -0.138. The minimum Gasteiger partial charge on any atom is -0.251 e. The second-order valence-corrected chi connectivity index (χ2v) is 6.18. The third-order valence-electron chi connectivity index (χ3n) is 4.25. The van der Waals surface area contributed by atoms with E-state index in [2.05, 4.69) is 4.98 Å². The zero-order valence-electron chi connectivity index (χ0n) is 14.6. The van der Waals surface area contributed by atoms with E-state index in [0.29, 0.717) is 28.1 Å². The van der Waals surface area contributed by atoms with Gasteiger partial charge in [-0.05, 0) is 35.9 Å². The Morgan fingerprint density at radius 3 is 1.62 bits per heavy atom. The SMILES string of the molecule is N#CCc1nc(-c2ccc(C(F)(F)F)cc2)ccc1-c1ccc(C(F)(F)F)cc1. The summed E-state index contributed by atoms with van der Waals surface area (Å²) in [5, 5.41) is 9.07. The van der Waals surface area contributed by atoms with Gasteiger partial charge in [0.05, 0.1) is 35.0 Å². The summed E-state index contributed by atoms with van der Waals surface area (Å²) < 4.78 is 76.3. The second-order valence-electron chi connectivity index (χ2n) is 6.18. The molecule has 0 saturated heterocycles. The van der Waals surface area contributed by atoms with Crippen LogP contribution in [0.15, 0.2) is 60.7 Å². The molecule has 0 saturated carbocycles. The summed E-state index contributed by atoms with van der Waals surface area (Å²) in [6, 6.07) is 14.0. The molecule has 3 aromatic rings. The molecule has 0 aliphatic heterocycles. The van der Waals surface area contributed by atoms with E-state index in [-0.39, 0.29) is 6.42 Å². The first-order chi connectivity index (χ1) is 13.6. The molecule has 0 radical (unpaired) electrons. The molecule has 3 rings (SSSR count). The first-order valence-corrected chi connectivity index (χ1v) is 8.32. The van der Waals surface area contributed by atoms with Crippen LogP contribution < -0.4 is 0 Å². The van der Waals surface area contributed by atoms with E-state index in [1.165, 1.54) is 24.3 Å². The van der Waals surface area contributed by atoms with Gasteiger partial charge in [0.1, 0.15) is 0 Å². The van der Waals surface area contributed by atoms with Gasteiger partial charge in [-0.3, -0.25) is 4.98 Å². The lowest BCUT2D eigenvalue weighted by Gasteiger charge is -2.12. The molecular formula is C21H12F6N2. The Balaban J connectivity index is 1.98. The fourth-order valence-corrected chi connectivity index (χ4v) is 2.80. The van der Waals surface area contributed by atoms with E-state index in [1.54, 1.807) is 12.1 Å². The quantitative estimate of drug-likeness (QED) is 0.465. The second kappa shape index (κ2) is 7.59. The van der Waals surface area contributed by atoms with Crippen molar-refractivity contribution in [1.82, 2.24) is 4.98 Å². The van der Waals surface area contributed by atoms with Crippen molar-refractivity contribution in [2.24, 2.45) is 0 Å². The molecule has 0 aliphatic carbocycles. The third-order valence-corrected chi connectivity index (χ3v) is 4.25. The maximum absolute atomic E-state index is 12.7. The summed E-state index contributed by atoms with van der Waals surface area (Å²) in [7, 11) is 0. The highest BCUT2D eigenvalue weighted by molar-refractivity contribution is 5.70. The first kappa shape index (κ1) is 20.4. The highest BCUT2D eigenvalue weighted by Crippen LogP contribution is 2.33. The molecule has 2 aromatic carbocycles. The molecule has 0 N–H and O–H groups in total. The Kier molecular flexibility index (Phi) is 5.33. The normalized spacial score (nSPS) is 11.9. The number of hydrogen-bond donors (Lipinski definition) is 0. The van der Waals surface area contributed by atoms with Crippen LogP contribution in [0.1, 0.15) is 16.8 Å². The Labute approximate surface area is 162 Å². The number of pyridine rings is 1. The van der Waals surface area contributed by atoms with Crippen molar-refractivity contribution >= 4 is 0 Å². The Hall–Kier alpha value is -3.34. The number of rotatable bonds is 3. The molecule has 8 heteroatoms. The van der Waals surface area contributed by atoms with Crippen molar-refractivity contribution < 1.29 is 26.3 Å². The van der Waals surface area contributed by atoms with Crippen molar-refractivity contribution in [3.05, 3.63) is 77.5 Å². The molecule has 1 aromatic heterocycles.